The predicted molar refractivity (Wildman–Crippen MR) is 120 cm³/mol. The molecule has 0 aliphatic heterocycles. The number of aryl methyl sites for hydroxylation is 1. The number of nitrogens with one attached hydrogen (secondary N) is 1. The molecule has 0 aliphatic carbocycles. The smallest absolute Gasteiger partial charge is 0.274 e. The summed E-state index contributed by atoms with van der Waals surface area (Å²) in [6, 6.07) is 16.3. The molecular weight excluding hydrogens is 390 g/mol. The van der Waals surface area contributed by atoms with Gasteiger partial charge in [0.05, 0.1) is 6.54 Å². The summed E-state index contributed by atoms with van der Waals surface area (Å²) in [5.41, 5.74) is 3.88. The maximum Gasteiger partial charge on any atom is 0.346 e. The molecule has 0 amide bonds. The highest BCUT2D eigenvalue weighted by molar-refractivity contribution is 5.70. The van der Waals surface area contributed by atoms with E-state index in [0.29, 0.717) is 18.9 Å². The standard InChI is InChI=1S/C23H27N7O/c1-5-13-30-22(31)29(21(26-30)23(2,3)4)15-16-9-11-17(12-10-16)18-7-6-8-19(14-18)20-24-27-28-25-20/h6-12,14H,5,13,15H2,1-4H3,(H,24,25,27,28). The van der Waals surface area contributed by atoms with Gasteiger partial charge in [-0.15, -0.1) is 5.10 Å². The van der Waals surface area contributed by atoms with Gasteiger partial charge >= 0.3 is 5.69 Å². The first-order valence-corrected chi connectivity index (χ1v) is 10.5. The van der Waals surface area contributed by atoms with Crippen LogP contribution in [0.5, 0.6) is 0 Å². The minimum absolute atomic E-state index is 0.0516. The first kappa shape index (κ1) is 20.7. The second-order valence-corrected chi connectivity index (χ2v) is 8.69. The van der Waals surface area contributed by atoms with Crippen LogP contribution in [0, 0.1) is 0 Å². The topological polar surface area (TPSA) is 94.3 Å². The van der Waals surface area contributed by atoms with Crippen LogP contribution in [-0.4, -0.2) is 35.0 Å². The van der Waals surface area contributed by atoms with Crippen molar-refractivity contribution in [2.75, 3.05) is 0 Å². The molecule has 0 saturated heterocycles. The average molecular weight is 418 g/mol. The van der Waals surface area contributed by atoms with Crippen molar-refractivity contribution in [3.05, 3.63) is 70.4 Å². The Morgan fingerprint density at radius 3 is 2.39 bits per heavy atom. The quantitative estimate of drug-likeness (QED) is 0.517. The van der Waals surface area contributed by atoms with Gasteiger partial charge in [0.2, 0.25) is 0 Å². The van der Waals surface area contributed by atoms with Crippen molar-refractivity contribution in [2.24, 2.45) is 0 Å². The lowest BCUT2D eigenvalue weighted by Gasteiger charge is -2.18. The summed E-state index contributed by atoms with van der Waals surface area (Å²) < 4.78 is 3.38. The molecule has 1 N–H and O–H groups in total. The fourth-order valence-electron chi connectivity index (χ4n) is 3.61. The van der Waals surface area contributed by atoms with Gasteiger partial charge in [-0.1, -0.05) is 70.2 Å². The lowest BCUT2D eigenvalue weighted by atomic mass is 9.95. The van der Waals surface area contributed by atoms with Crippen molar-refractivity contribution in [3.63, 3.8) is 0 Å². The van der Waals surface area contributed by atoms with Gasteiger partial charge in [0.15, 0.2) is 5.82 Å². The van der Waals surface area contributed by atoms with Gasteiger partial charge in [-0.25, -0.2) is 14.6 Å². The molecule has 0 fully saturated rings. The van der Waals surface area contributed by atoms with Crippen molar-refractivity contribution in [2.45, 2.75) is 52.6 Å². The SMILES string of the molecule is CCCn1nc(C(C)(C)C)n(Cc2ccc(-c3cccc(-c4nnn[nH]4)c3)cc2)c1=O. The van der Waals surface area contributed by atoms with E-state index in [4.69, 9.17) is 0 Å². The van der Waals surface area contributed by atoms with Gasteiger partial charge in [0.1, 0.15) is 5.82 Å². The monoisotopic (exact) mass is 417 g/mol. The van der Waals surface area contributed by atoms with E-state index in [9.17, 15) is 4.79 Å². The molecule has 4 rings (SSSR count). The van der Waals surface area contributed by atoms with Crippen LogP contribution in [0.4, 0.5) is 0 Å². The van der Waals surface area contributed by atoms with E-state index in [1.807, 2.05) is 18.2 Å². The van der Waals surface area contributed by atoms with Crippen molar-refractivity contribution in [1.29, 1.82) is 0 Å². The first-order valence-electron chi connectivity index (χ1n) is 10.5. The Labute approximate surface area is 180 Å². The van der Waals surface area contributed by atoms with E-state index in [-0.39, 0.29) is 11.1 Å². The number of aromatic nitrogens is 7. The lowest BCUT2D eigenvalue weighted by molar-refractivity contribution is 0.500. The molecular formula is C23H27N7O. The van der Waals surface area contributed by atoms with E-state index in [0.717, 1.165) is 34.5 Å². The van der Waals surface area contributed by atoms with E-state index in [1.165, 1.54) is 0 Å². The number of tetrazole rings is 1. The minimum atomic E-state index is -0.214. The Morgan fingerprint density at radius 2 is 1.74 bits per heavy atom. The predicted octanol–water partition coefficient (Wildman–Crippen LogP) is 3.65. The van der Waals surface area contributed by atoms with Crippen LogP contribution >= 0.6 is 0 Å². The van der Waals surface area contributed by atoms with Crippen LogP contribution in [0.2, 0.25) is 0 Å². The van der Waals surface area contributed by atoms with Gasteiger partial charge in [-0.2, -0.15) is 5.10 Å². The third kappa shape index (κ3) is 4.33. The van der Waals surface area contributed by atoms with E-state index >= 15 is 0 Å². The van der Waals surface area contributed by atoms with E-state index in [2.05, 4.69) is 83.7 Å². The molecule has 2 aromatic carbocycles. The number of hydrogen-bond donors (Lipinski definition) is 1. The van der Waals surface area contributed by atoms with Crippen LogP contribution in [0.3, 0.4) is 0 Å². The van der Waals surface area contributed by atoms with Gasteiger partial charge in [-0.05, 0) is 39.6 Å². The molecule has 0 radical (unpaired) electrons. The number of benzene rings is 2. The molecule has 2 heterocycles. The maximum absolute atomic E-state index is 12.9. The highest BCUT2D eigenvalue weighted by Gasteiger charge is 2.24. The van der Waals surface area contributed by atoms with E-state index < -0.39 is 0 Å². The normalized spacial score (nSPS) is 11.7. The Balaban J connectivity index is 1.62. The summed E-state index contributed by atoms with van der Waals surface area (Å²) in [7, 11) is 0. The van der Waals surface area contributed by atoms with Crippen LogP contribution < -0.4 is 5.69 Å². The Kier molecular flexibility index (Phi) is 5.54. The first-order chi connectivity index (χ1) is 14.9. The lowest BCUT2D eigenvalue weighted by Crippen LogP contribution is -2.28. The third-order valence-corrected chi connectivity index (χ3v) is 5.14. The van der Waals surface area contributed by atoms with Gasteiger partial charge in [-0.3, -0.25) is 4.57 Å². The molecule has 0 spiro atoms. The van der Waals surface area contributed by atoms with Crippen LogP contribution in [-0.2, 0) is 18.5 Å². The van der Waals surface area contributed by atoms with Crippen molar-refractivity contribution < 1.29 is 0 Å². The number of nitrogens with zero attached hydrogens (tertiary/aromatic N) is 6. The zero-order valence-corrected chi connectivity index (χ0v) is 18.3. The zero-order valence-electron chi connectivity index (χ0n) is 18.3. The molecule has 0 unspecified atom stereocenters. The highest BCUT2D eigenvalue weighted by Crippen LogP contribution is 2.25. The fraction of sp³-hybridized carbons (Fsp3) is 0.348. The molecule has 8 nitrogen and oxygen atoms in total. The number of rotatable bonds is 6. The molecule has 8 heteroatoms. The summed E-state index contributed by atoms with van der Waals surface area (Å²) in [6.07, 6.45) is 0.873. The van der Waals surface area contributed by atoms with Crippen molar-refractivity contribution in [1.82, 2.24) is 35.0 Å². The summed E-state index contributed by atoms with van der Waals surface area (Å²) >= 11 is 0. The van der Waals surface area contributed by atoms with Gasteiger partial charge in [0, 0.05) is 17.5 Å². The molecule has 31 heavy (non-hydrogen) atoms. The second kappa shape index (κ2) is 8.29. The van der Waals surface area contributed by atoms with Crippen LogP contribution in [0.1, 0.15) is 45.5 Å². The van der Waals surface area contributed by atoms with Gasteiger partial charge in [0.25, 0.3) is 0 Å². The maximum atomic E-state index is 12.9. The summed E-state index contributed by atoms with van der Waals surface area (Å²) in [5, 5.41) is 18.7. The molecule has 0 saturated carbocycles. The van der Waals surface area contributed by atoms with Crippen molar-refractivity contribution in [3.8, 4) is 22.5 Å². The Morgan fingerprint density at radius 1 is 1.00 bits per heavy atom. The van der Waals surface area contributed by atoms with Crippen molar-refractivity contribution >= 4 is 0 Å². The summed E-state index contributed by atoms with van der Waals surface area (Å²) in [5.74, 6) is 1.44. The van der Waals surface area contributed by atoms with Gasteiger partial charge < -0.3 is 0 Å². The number of hydrogen-bond acceptors (Lipinski definition) is 5. The van der Waals surface area contributed by atoms with Crippen LogP contribution in [0.15, 0.2) is 53.3 Å². The minimum Gasteiger partial charge on any atom is -0.274 e. The molecule has 4 aromatic rings. The summed E-state index contributed by atoms with van der Waals surface area (Å²) in [4.78, 5) is 12.9. The molecule has 0 bridgehead atoms. The fourth-order valence-corrected chi connectivity index (χ4v) is 3.61. The summed E-state index contributed by atoms with van der Waals surface area (Å²) in [6.45, 7) is 9.43. The number of aromatic amines is 1. The van der Waals surface area contributed by atoms with E-state index in [1.54, 1.807) is 9.25 Å². The Hall–Kier alpha value is -3.55. The molecule has 0 aliphatic rings. The molecule has 160 valence electrons. The molecule has 0 atom stereocenters. The van der Waals surface area contributed by atoms with Crippen LogP contribution in [0.25, 0.3) is 22.5 Å². The highest BCUT2D eigenvalue weighted by atomic mass is 16.2. The second-order valence-electron chi connectivity index (χ2n) is 8.69. The third-order valence-electron chi connectivity index (χ3n) is 5.14. The number of H-pyrrole nitrogens is 1. The Bertz CT molecular complexity index is 1210. The average Bonchev–Trinajstić information content (AvgIpc) is 3.39. The molecule has 2 aromatic heterocycles. The largest absolute Gasteiger partial charge is 0.346 e. The zero-order chi connectivity index (χ0) is 22.0.